The summed E-state index contributed by atoms with van der Waals surface area (Å²) in [4.78, 5) is 21.8. The van der Waals surface area contributed by atoms with Gasteiger partial charge in [-0.25, -0.2) is 4.98 Å². The van der Waals surface area contributed by atoms with Crippen LogP contribution in [0.3, 0.4) is 0 Å². The minimum atomic E-state index is 0.0152. The molecule has 1 aromatic carbocycles. The van der Waals surface area contributed by atoms with E-state index in [4.69, 9.17) is 4.52 Å². The summed E-state index contributed by atoms with van der Waals surface area (Å²) in [6.07, 6.45) is 4.45. The van der Waals surface area contributed by atoms with Crippen LogP contribution in [0.4, 0.5) is 0 Å². The molecule has 0 atom stereocenters. The summed E-state index contributed by atoms with van der Waals surface area (Å²) in [5.74, 6) is 1.03. The number of rotatable bonds is 3. The summed E-state index contributed by atoms with van der Waals surface area (Å²) in [6.45, 7) is 1.78. The molecule has 1 fully saturated rings. The van der Waals surface area contributed by atoms with Crippen LogP contribution in [0.15, 0.2) is 44.3 Å². The Balaban J connectivity index is 1.62. The summed E-state index contributed by atoms with van der Waals surface area (Å²) in [7, 11) is 0. The van der Waals surface area contributed by atoms with Crippen molar-refractivity contribution in [3.8, 4) is 22.8 Å². The van der Waals surface area contributed by atoms with E-state index in [2.05, 4.69) is 15.1 Å². The van der Waals surface area contributed by atoms with E-state index < -0.39 is 0 Å². The maximum absolute atomic E-state index is 12.7. The van der Waals surface area contributed by atoms with Crippen molar-refractivity contribution in [2.75, 3.05) is 0 Å². The lowest BCUT2D eigenvalue weighted by Gasteiger charge is -2.17. The van der Waals surface area contributed by atoms with Crippen LogP contribution in [0.1, 0.15) is 37.4 Å². The average molecular weight is 378 g/mol. The molecule has 0 radical (unpaired) electrons. The van der Waals surface area contributed by atoms with Gasteiger partial charge in [-0.3, -0.25) is 4.79 Å². The number of hydrogen-bond donors (Lipinski definition) is 0. The Labute approximate surface area is 159 Å². The normalized spacial score (nSPS) is 15.0. The molecule has 3 aromatic heterocycles. The van der Waals surface area contributed by atoms with Gasteiger partial charge in [0.15, 0.2) is 0 Å². The average Bonchev–Trinajstić information content (AvgIpc) is 3.43. The minimum Gasteiger partial charge on any atom is -0.334 e. The van der Waals surface area contributed by atoms with E-state index in [-0.39, 0.29) is 11.6 Å². The van der Waals surface area contributed by atoms with Gasteiger partial charge in [0.2, 0.25) is 5.82 Å². The van der Waals surface area contributed by atoms with Gasteiger partial charge in [0.05, 0.1) is 16.6 Å². The highest BCUT2D eigenvalue weighted by Crippen LogP contribution is 2.32. The van der Waals surface area contributed by atoms with Gasteiger partial charge in [-0.15, -0.1) is 0 Å². The first-order valence-corrected chi connectivity index (χ1v) is 10.0. The van der Waals surface area contributed by atoms with Crippen molar-refractivity contribution >= 4 is 22.4 Å². The molecule has 1 saturated carbocycles. The van der Waals surface area contributed by atoms with Crippen LogP contribution in [-0.4, -0.2) is 19.7 Å². The summed E-state index contributed by atoms with van der Waals surface area (Å²) in [5.41, 5.74) is 3.96. The second-order valence-corrected chi connectivity index (χ2v) is 7.73. The Morgan fingerprint density at radius 3 is 2.78 bits per heavy atom. The van der Waals surface area contributed by atoms with Gasteiger partial charge in [0.25, 0.3) is 11.4 Å². The van der Waals surface area contributed by atoms with Crippen LogP contribution in [0.2, 0.25) is 0 Å². The molecule has 0 N–H and O–H groups in total. The fourth-order valence-corrected chi connectivity index (χ4v) is 4.47. The first-order valence-electron chi connectivity index (χ1n) is 9.10. The number of fused-ring (bicyclic) bond motifs is 1. The Hall–Kier alpha value is -2.80. The lowest BCUT2D eigenvalue weighted by atomic mass is 10.1. The number of thiophene rings is 1. The smallest absolute Gasteiger partial charge is 0.272 e. The zero-order valence-corrected chi connectivity index (χ0v) is 15.7. The standard InChI is InChI=1S/C20H18N4O2S/c1-12-20(25)24(15-4-2-3-5-15)17-7-6-13(10-16(17)21-12)18-22-19(26-23-18)14-8-9-27-11-14/h6-11,15H,2-5H2,1H3. The fourth-order valence-electron chi connectivity index (χ4n) is 3.84. The minimum absolute atomic E-state index is 0.0152. The van der Waals surface area contributed by atoms with E-state index in [1.54, 1.807) is 18.3 Å². The van der Waals surface area contributed by atoms with Crippen molar-refractivity contribution in [2.24, 2.45) is 0 Å². The highest BCUT2D eigenvalue weighted by Gasteiger charge is 2.22. The number of nitrogens with zero attached hydrogens (tertiary/aromatic N) is 4. The van der Waals surface area contributed by atoms with Gasteiger partial charge in [-0.05, 0) is 49.4 Å². The van der Waals surface area contributed by atoms with Gasteiger partial charge in [-0.2, -0.15) is 16.3 Å². The molecule has 27 heavy (non-hydrogen) atoms. The van der Waals surface area contributed by atoms with Crippen LogP contribution < -0.4 is 5.56 Å². The molecule has 0 amide bonds. The van der Waals surface area contributed by atoms with Crippen molar-refractivity contribution in [3.05, 3.63) is 51.1 Å². The van der Waals surface area contributed by atoms with Crippen molar-refractivity contribution in [3.63, 3.8) is 0 Å². The van der Waals surface area contributed by atoms with Gasteiger partial charge in [0, 0.05) is 17.0 Å². The van der Waals surface area contributed by atoms with E-state index in [1.165, 1.54) is 12.8 Å². The third-order valence-corrected chi connectivity index (χ3v) is 5.88. The van der Waals surface area contributed by atoms with Gasteiger partial charge in [0.1, 0.15) is 5.69 Å². The molecular weight excluding hydrogens is 360 g/mol. The maximum atomic E-state index is 12.7. The molecule has 0 spiro atoms. The van der Waals surface area contributed by atoms with Crippen molar-refractivity contribution in [1.29, 1.82) is 0 Å². The maximum Gasteiger partial charge on any atom is 0.272 e. The first kappa shape index (κ1) is 16.4. The third-order valence-electron chi connectivity index (χ3n) is 5.19. The zero-order chi connectivity index (χ0) is 18.4. The summed E-state index contributed by atoms with van der Waals surface area (Å²) >= 11 is 1.59. The molecule has 6 nitrogen and oxygen atoms in total. The second-order valence-electron chi connectivity index (χ2n) is 6.95. The molecule has 0 unspecified atom stereocenters. The molecule has 3 heterocycles. The molecule has 0 bridgehead atoms. The molecule has 0 aliphatic heterocycles. The van der Waals surface area contributed by atoms with Gasteiger partial charge in [-0.1, -0.05) is 18.0 Å². The Morgan fingerprint density at radius 2 is 2.00 bits per heavy atom. The molecule has 1 aliphatic carbocycles. The van der Waals surface area contributed by atoms with Gasteiger partial charge < -0.3 is 9.09 Å². The summed E-state index contributed by atoms with van der Waals surface area (Å²) in [5, 5.41) is 8.06. The second kappa shape index (κ2) is 6.42. The Morgan fingerprint density at radius 1 is 1.15 bits per heavy atom. The van der Waals surface area contributed by atoms with E-state index in [9.17, 15) is 4.79 Å². The summed E-state index contributed by atoms with van der Waals surface area (Å²) in [6, 6.07) is 8.05. The molecule has 4 aromatic rings. The SMILES string of the molecule is Cc1nc2cc(-c3noc(-c4ccsc4)n3)ccc2n(C2CCCC2)c1=O. The molecule has 0 saturated heterocycles. The Kier molecular flexibility index (Phi) is 3.89. The van der Waals surface area contributed by atoms with Crippen LogP contribution in [0, 0.1) is 6.92 Å². The highest BCUT2D eigenvalue weighted by molar-refractivity contribution is 7.08. The van der Waals surface area contributed by atoms with Crippen LogP contribution >= 0.6 is 11.3 Å². The lowest BCUT2D eigenvalue weighted by molar-refractivity contribution is 0.432. The van der Waals surface area contributed by atoms with Crippen molar-refractivity contribution < 1.29 is 4.52 Å². The number of aryl methyl sites for hydroxylation is 1. The van der Waals surface area contributed by atoms with E-state index in [1.807, 2.05) is 39.6 Å². The Bertz CT molecular complexity index is 1170. The fraction of sp³-hybridized carbons (Fsp3) is 0.300. The topological polar surface area (TPSA) is 73.8 Å². The molecule has 5 rings (SSSR count). The predicted octanol–water partition coefficient (Wildman–Crippen LogP) is 4.60. The van der Waals surface area contributed by atoms with Gasteiger partial charge >= 0.3 is 0 Å². The largest absolute Gasteiger partial charge is 0.334 e. The van der Waals surface area contributed by atoms with Crippen LogP contribution in [-0.2, 0) is 0 Å². The van der Waals surface area contributed by atoms with E-state index in [0.717, 1.165) is 35.0 Å². The summed E-state index contributed by atoms with van der Waals surface area (Å²) < 4.78 is 7.33. The van der Waals surface area contributed by atoms with Crippen LogP contribution in [0.25, 0.3) is 33.9 Å². The molecule has 1 aliphatic rings. The molecular formula is C20H18N4O2S. The monoisotopic (exact) mass is 378 g/mol. The predicted molar refractivity (Wildman–Crippen MR) is 105 cm³/mol. The van der Waals surface area contributed by atoms with Crippen LogP contribution in [0.5, 0.6) is 0 Å². The van der Waals surface area contributed by atoms with E-state index in [0.29, 0.717) is 17.4 Å². The third kappa shape index (κ3) is 2.78. The number of benzene rings is 1. The van der Waals surface area contributed by atoms with Crippen molar-refractivity contribution in [1.82, 2.24) is 19.7 Å². The first-order chi connectivity index (χ1) is 13.2. The quantitative estimate of drug-likeness (QED) is 0.521. The lowest BCUT2D eigenvalue weighted by Crippen LogP contribution is -2.26. The number of hydrogen-bond acceptors (Lipinski definition) is 6. The number of aromatic nitrogens is 4. The van der Waals surface area contributed by atoms with E-state index >= 15 is 0 Å². The molecule has 136 valence electrons. The zero-order valence-electron chi connectivity index (χ0n) is 14.9. The molecule has 7 heteroatoms. The highest BCUT2D eigenvalue weighted by atomic mass is 32.1. The van der Waals surface area contributed by atoms with Crippen molar-refractivity contribution in [2.45, 2.75) is 38.6 Å².